The lowest BCUT2D eigenvalue weighted by molar-refractivity contribution is -0.150. The van der Waals surface area contributed by atoms with E-state index in [4.69, 9.17) is 14.2 Å². The van der Waals surface area contributed by atoms with E-state index in [1.165, 1.54) is 116 Å². The van der Waals surface area contributed by atoms with Gasteiger partial charge in [0.1, 0.15) is 6.10 Å². The van der Waals surface area contributed by atoms with Crippen molar-refractivity contribution in [3.63, 3.8) is 0 Å². The summed E-state index contributed by atoms with van der Waals surface area (Å²) < 4.78 is 17.4. The van der Waals surface area contributed by atoms with Crippen LogP contribution in [0.1, 0.15) is 259 Å². The summed E-state index contributed by atoms with van der Waals surface area (Å²) in [6, 6.07) is 0. The number of carbonyl (C=O) groups is 3. The molecule has 1 rings (SSSR count). The van der Waals surface area contributed by atoms with Crippen LogP contribution in [0, 0.1) is 11.8 Å². The lowest BCUT2D eigenvalue weighted by atomic mass is 9.92. The van der Waals surface area contributed by atoms with Gasteiger partial charge < -0.3 is 19.1 Å². The van der Waals surface area contributed by atoms with Gasteiger partial charge in [0, 0.05) is 19.3 Å². The summed E-state index contributed by atoms with van der Waals surface area (Å²) in [6.07, 6.45) is 39.8. The molecule has 7 heteroatoms. The fourth-order valence-corrected chi connectivity index (χ4v) is 8.71. The summed E-state index contributed by atoms with van der Waals surface area (Å²) >= 11 is 0. The van der Waals surface area contributed by atoms with Crippen molar-refractivity contribution < 1.29 is 28.6 Å². The van der Waals surface area contributed by atoms with Crippen LogP contribution in [0.2, 0.25) is 0 Å². The Morgan fingerprint density at radius 2 is 0.793 bits per heavy atom. The Labute approximate surface area is 360 Å². The molecule has 0 unspecified atom stereocenters. The Morgan fingerprint density at radius 3 is 1.19 bits per heavy atom. The number of carbonyl (C=O) groups excluding carboxylic acids is 3. The molecule has 0 radical (unpaired) electrons. The Balaban J connectivity index is 2.29. The van der Waals surface area contributed by atoms with Crippen molar-refractivity contribution in [3.05, 3.63) is 0 Å². The van der Waals surface area contributed by atoms with Crippen LogP contribution >= 0.6 is 0 Å². The molecule has 0 bridgehead atoms. The summed E-state index contributed by atoms with van der Waals surface area (Å²) in [5.74, 6) is 0.959. The van der Waals surface area contributed by atoms with Crippen molar-refractivity contribution in [1.29, 1.82) is 0 Å². The fraction of sp³-hybridized carbons (Fsp3) is 0.941. The maximum absolute atomic E-state index is 12.8. The minimum Gasteiger partial charge on any atom is -0.466 e. The summed E-state index contributed by atoms with van der Waals surface area (Å²) in [7, 11) is 0. The van der Waals surface area contributed by atoms with E-state index in [0.717, 1.165) is 116 Å². The van der Waals surface area contributed by atoms with Gasteiger partial charge in [-0.2, -0.15) is 0 Å². The summed E-state index contributed by atoms with van der Waals surface area (Å²) in [5, 5.41) is 0. The first kappa shape index (κ1) is 54.4. The average Bonchev–Trinajstić information content (AvgIpc) is 3.73. The second kappa shape index (κ2) is 40.8. The number of esters is 3. The molecule has 0 saturated carbocycles. The van der Waals surface area contributed by atoms with Gasteiger partial charge in [-0.05, 0) is 115 Å². The van der Waals surface area contributed by atoms with Crippen molar-refractivity contribution in [2.45, 2.75) is 265 Å². The zero-order valence-electron chi connectivity index (χ0n) is 39.1. The highest BCUT2D eigenvalue weighted by molar-refractivity contribution is 5.70. The van der Waals surface area contributed by atoms with Crippen LogP contribution in [0.25, 0.3) is 0 Å². The van der Waals surface area contributed by atoms with Gasteiger partial charge in [-0.3, -0.25) is 14.4 Å². The molecule has 1 aliphatic rings. The van der Waals surface area contributed by atoms with Crippen molar-refractivity contribution in [3.8, 4) is 0 Å². The van der Waals surface area contributed by atoms with E-state index in [0.29, 0.717) is 44.3 Å². The molecule has 7 nitrogen and oxygen atoms in total. The number of nitrogens with zero attached hydrogens (tertiary/aromatic N) is 1. The van der Waals surface area contributed by atoms with Gasteiger partial charge in [-0.15, -0.1) is 0 Å². The Kier molecular flexibility index (Phi) is 38.2. The van der Waals surface area contributed by atoms with Crippen LogP contribution < -0.4 is 0 Å². The van der Waals surface area contributed by atoms with Gasteiger partial charge in [0.25, 0.3) is 0 Å². The molecule has 1 fully saturated rings. The van der Waals surface area contributed by atoms with E-state index in [1.54, 1.807) is 0 Å². The third-order valence-electron chi connectivity index (χ3n) is 12.5. The van der Waals surface area contributed by atoms with E-state index < -0.39 is 0 Å². The second-order valence-electron chi connectivity index (χ2n) is 18.1. The largest absolute Gasteiger partial charge is 0.466 e. The second-order valence-corrected chi connectivity index (χ2v) is 18.1. The van der Waals surface area contributed by atoms with E-state index in [1.807, 2.05) is 0 Å². The molecule has 0 N–H and O–H groups in total. The number of hydrogen-bond acceptors (Lipinski definition) is 7. The number of ether oxygens (including phenoxy) is 3. The van der Waals surface area contributed by atoms with Gasteiger partial charge in [0.15, 0.2) is 0 Å². The van der Waals surface area contributed by atoms with Crippen molar-refractivity contribution in [2.24, 2.45) is 11.8 Å². The Bertz CT molecular complexity index is 860. The van der Waals surface area contributed by atoms with Crippen LogP contribution in [0.5, 0.6) is 0 Å². The number of rotatable bonds is 43. The SMILES string of the molecule is CCCCCC(CCCCC)CC(=O)OCCCCCCCCC(CCCCCCCCOC(=O)CC(CCCCC)CCCCC)OC(=O)CCCN1CCCC1. The molecule has 58 heavy (non-hydrogen) atoms. The van der Waals surface area contributed by atoms with Gasteiger partial charge >= 0.3 is 17.9 Å². The smallest absolute Gasteiger partial charge is 0.306 e. The first-order valence-corrected chi connectivity index (χ1v) is 25.6. The van der Waals surface area contributed by atoms with Gasteiger partial charge in [0.2, 0.25) is 0 Å². The molecule has 0 aromatic rings. The molecule has 0 spiro atoms. The van der Waals surface area contributed by atoms with Crippen molar-refractivity contribution >= 4 is 17.9 Å². The van der Waals surface area contributed by atoms with Crippen molar-refractivity contribution in [1.82, 2.24) is 4.90 Å². The molecule has 0 atom stereocenters. The minimum atomic E-state index is -0.0187. The quantitative estimate of drug-likeness (QED) is 0.0344. The molecule has 1 heterocycles. The van der Waals surface area contributed by atoms with E-state index in [9.17, 15) is 14.4 Å². The maximum Gasteiger partial charge on any atom is 0.306 e. The van der Waals surface area contributed by atoms with Crippen LogP contribution in [0.3, 0.4) is 0 Å². The summed E-state index contributed by atoms with van der Waals surface area (Å²) in [5.41, 5.74) is 0. The molecule has 0 aliphatic carbocycles. The zero-order chi connectivity index (χ0) is 42.2. The molecule has 1 saturated heterocycles. The molecule has 1 aliphatic heterocycles. The van der Waals surface area contributed by atoms with E-state index >= 15 is 0 Å². The van der Waals surface area contributed by atoms with Crippen LogP contribution in [-0.4, -0.2) is 61.8 Å². The fourth-order valence-electron chi connectivity index (χ4n) is 8.71. The molecule has 0 aromatic carbocycles. The highest BCUT2D eigenvalue weighted by Crippen LogP contribution is 2.24. The first-order chi connectivity index (χ1) is 28.4. The predicted molar refractivity (Wildman–Crippen MR) is 244 cm³/mol. The van der Waals surface area contributed by atoms with Gasteiger partial charge in [-0.25, -0.2) is 0 Å². The molecule has 0 amide bonds. The molecular formula is C51H97NO6. The highest BCUT2D eigenvalue weighted by Gasteiger charge is 2.18. The molecule has 0 aromatic heterocycles. The molecule has 342 valence electrons. The topological polar surface area (TPSA) is 82.1 Å². The minimum absolute atomic E-state index is 0.00185. The average molecular weight is 820 g/mol. The number of likely N-dealkylation sites (tertiary alicyclic amines) is 1. The third kappa shape index (κ3) is 34.1. The predicted octanol–water partition coefficient (Wildman–Crippen LogP) is 14.7. The highest BCUT2D eigenvalue weighted by atomic mass is 16.5. The lowest BCUT2D eigenvalue weighted by Gasteiger charge is -2.19. The zero-order valence-corrected chi connectivity index (χ0v) is 39.1. The maximum atomic E-state index is 12.8. The first-order valence-electron chi connectivity index (χ1n) is 25.6. The van der Waals surface area contributed by atoms with Crippen LogP contribution in [0.4, 0.5) is 0 Å². The van der Waals surface area contributed by atoms with E-state index in [-0.39, 0.29) is 24.0 Å². The number of hydrogen-bond donors (Lipinski definition) is 0. The standard InChI is InChI=1S/C51H97NO6/c1-5-9-21-32-46(33-22-10-6-2)44-50(54)56-42-29-19-15-13-17-25-36-48(58-49(53)38-31-41-52-39-27-28-40-52)37-26-18-14-16-20-30-43-57-51(55)45-47(34-23-11-7-3)35-24-12-8-4/h46-48H,5-45H2,1-4H3. The summed E-state index contributed by atoms with van der Waals surface area (Å²) in [6.45, 7) is 13.4. The van der Waals surface area contributed by atoms with Crippen LogP contribution in [0.15, 0.2) is 0 Å². The Hall–Kier alpha value is -1.63. The normalized spacial score (nSPS) is 13.3. The molecular weight excluding hydrogens is 723 g/mol. The monoisotopic (exact) mass is 820 g/mol. The lowest BCUT2D eigenvalue weighted by Crippen LogP contribution is -2.23. The number of unbranched alkanes of at least 4 members (excludes halogenated alkanes) is 18. The van der Waals surface area contributed by atoms with E-state index in [2.05, 4.69) is 32.6 Å². The third-order valence-corrected chi connectivity index (χ3v) is 12.5. The van der Waals surface area contributed by atoms with Gasteiger partial charge in [0.05, 0.1) is 13.2 Å². The van der Waals surface area contributed by atoms with Gasteiger partial charge in [-0.1, -0.05) is 156 Å². The van der Waals surface area contributed by atoms with Crippen molar-refractivity contribution in [2.75, 3.05) is 32.8 Å². The van der Waals surface area contributed by atoms with Crippen LogP contribution in [-0.2, 0) is 28.6 Å². The Morgan fingerprint density at radius 1 is 0.431 bits per heavy atom. The summed E-state index contributed by atoms with van der Waals surface area (Å²) in [4.78, 5) is 40.4.